The smallest absolute Gasteiger partial charge is 0.181 e. The molecule has 1 aliphatic heterocycles. The number of rotatable bonds is 1. The molecule has 3 rings (SSSR count). The largest absolute Gasteiger partial charge is 0.493 e. The van der Waals surface area contributed by atoms with Crippen molar-refractivity contribution in [2.75, 3.05) is 13.7 Å². The number of nitrogens with zero attached hydrogens (tertiary/aromatic N) is 1. The Labute approximate surface area is 100 Å². The third-order valence-corrected chi connectivity index (χ3v) is 2.63. The van der Waals surface area contributed by atoms with E-state index in [0.29, 0.717) is 0 Å². The third-order valence-electron chi connectivity index (χ3n) is 2.63. The molecule has 17 heavy (non-hydrogen) atoms. The van der Waals surface area contributed by atoms with E-state index in [9.17, 15) is 0 Å². The number of aromatic nitrogens is 1. The van der Waals surface area contributed by atoms with Gasteiger partial charge in [-0.15, -0.1) is 0 Å². The van der Waals surface area contributed by atoms with Crippen LogP contribution < -0.4 is 10.5 Å². The molecule has 0 unspecified atom stereocenters. The molecule has 4 heteroatoms. The van der Waals surface area contributed by atoms with Crippen LogP contribution in [-0.4, -0.2) is 18.6 Å². The summed E-state index contributed by atoms with van der Waals surface area (Å²) in [6, 6.07) is 6.14. The predicted octanol–water partition coefficient (Wildman–Crippen LogP) is 2.24. The lowest BCUT2D eigenvalue weighted by Crippen LogP contribution is -2.08. The molecule has 0 atom stereocenters. The van der Waals surface area contributed by atoms with Crippen molar-refractivity contribution in [3.05, 3.63) is 36.4 Å². The fraction of sp³-hybridized carbons (Fsp3) is 0.308. The number of ether oxygens (including phenoxy) is 1. The van der Waals surface area contributed by atoms with Gasteiger partial charge in [-0.05, 0) is 31.5 Å². The van der Waals surface area contributed by atoms with Crippen LogP contribution in [0.4, 0.5) is 0 Å². The van der Waals surface area contributed by atoms with Gasteiger partial charge in [-0.2, -0.15) is 0 Å². The standard InChI is InChI=1S/C12H11NO2.CH5N/c1-3-9-4-2-6-14-12(9)10(5-1)11-7-13-8-15-11;1-2/h1,3,5,7-8H,2,4,6H2;2H2,1H3. The zero-order valence-electron chi connectivity index (χ0n) is 9.85. The molecule has 0 spiro atoms. The maximum Gasteiger partial charge on any atom is 0.181 e. The first-order chi connectivity index (χ1) is 8.45. The summed E-state index contributed by atoms with van der Waals surface area (Å²) in [5.41, 5.74) is 6.76. The first-order valence-corrected chi connectivity index (χ1v) is 5.66. The van der Waals surface area contributed by atoms with Gasteiger partial charge in [0.25, 0.3) is 0 Å². The summed E-state index contributed by atoms with van der Waals surface area (Å²) in [6.07, 6.45) is 5.33. The molecule has 0 saturated heterocycles. The van der Waals surface area contributed by atoms with Crippen LogP contribution in [-0.2, 0) is 6.42 Å². The SMILES string of the molecule is CN.c1cc2c(c(-c3cnco3)c1)OCCC2. The van der Waals surface area contributed by atoms with E-state index in [1.807, 2.05) is 12.1 Å². The molecule has 1 aliphatic rings. The van der Waals surface area contributed by atoms with Crippen LogP contribution in [0, 0.1) is 0 Å². The van der Waals surface area contributed by atoms with Crippen molar-refractivity contribution in [2.45, 2.75) is 12.8 Å². The van der Waals surface area contributed by atoms with Crippen molar-refractivity contribution in [3.8, 4) is 17.1 Å². The molecule has 4 nitrogen and oxygen atoms in total. The minimum Gasteiger partial charge on any atom is -0.493 e. The fourth-order valence-electron chi connectivity index (χ4n) is 1.93. The first-order valence-electron chi connectivity index (χ1n) is 5.66. The van der Waals surface area contributed by atoms with Gasteiger partial charge in [0.1, 0.15) is 5.75 Å². The van der Waals surface area contributed by atoms with Crippen LogP contribution in [0.15, 0.2) is 35.2 Å². The number of para-hydroxylation sites is 1. The second kappa shape index (κ2) is 5.50. The second-order valence-corrected chi connectivity index (χ2v) is 3.61. The zero-order valence-corrected chi connectivity index (χ0v) is 9.85. The Hall–Kier alpha value is -1.81. The maximum atomic E-state index is 5.69. The Balaban J connectivity index is 0.000000514. The van der Waals surface area contributed by atoms with Crippen molar-refractivity contribution < 1.29 is 9.15 Å². The van der Waals surface area contributed by atoms with E-state index >= 15 is 0 Å². The van der Waals surface area contributed by atoms with Gasteiger partial charge in [0.05, 0.1) is 18.4 Å². The van der Waals surface area contributed by atoms with Gasteiger partial charge < -0.3 is 14.9 Å². The Morgan fingerprint density at radius 2 is 2.18 bits per heavy atom. The van der Waals surface area contributed by atoms with Gasteiger partial charge >= 0.3 is 0 Å². The monoisotopic (exact) mass is 232 g/mol. The Morgan fingerprint density at radius 3 is 2.94 bits per heavy atom. The van der Waals surface area contributed by atoms with Gasteiger partial charge in [0.2, 0.25) is 0 Å². The van der Waals surface area contributed by atoms with Gasteiger partial charge in [-0.1, -0.05) is 12.1 Å². The van der Waals surface area contributed by atoms with Crippen molar-refractivity contribution in [3.63, 3.8) is 0 Å². The normalized spacial score (nSPS) is 13.1. The van der Waals surface area contributed by atoms with E-state index in [1.165, 1.54) is 19.0 Å². The molecule has 0 saturated carbocycles. The van der Waals surface area contributed by atoms with E-state index < -0.39 is 0 Å². The highest BCUT2D eigenvalue weighted by Crippen LogP contribution is 2.35. The number of hydrogen-bond acceptors (Lipinski definition) is 4. The lowest BCUT2D eigenvalue weighted by Gasteiger charge is -2.19. The minimum absolute atomic E-state index is 0.772. The van der Waals surface area contributed by atoms with Gasteiger partial charge in [0, 0.05) is 0 Å². The molecule has 0 radical (unpaired) electrons. The molecule has 2 N–H and O–H groups in total. The van der Waals surface area contributed by atoms with Crippen LogP contribution in [0.25, 0.3) is 11.3 Å². The van der Waals surface area contributed by atoms with Gasteiger partial charge in [-0.25, -0.2) is 4.98 Å². The average Bonchev–Trinajstić information content (AvgIpc) is 2.94. The molecular weight excluding hydrogens is 216 g/mol. The number of fused-ring (bicyclic) bond motifs is 1. The van der Waals surface area contributed by atoms with Crippen LogP contribution in [0.3, 0.4) is 0 Å². The third kappa shape index (κ3) is 2.31. The highest BCUT2D eigenvalue weighted by atomic mass is 16.5. The van der Waals surface area contributed by atoms with E-state index in [0.717, 1.165) is 36.5 Å². The van der Waals surface area contributed by atoms with Crippen molar-refractivity contribution >= 4 is 0 Å². The molecule has 2 heterocycles. The molecule has 0 bridgehead atoms. The minimum atomic E-state index is 0.772. The lowest BCUT2D eigenvalue weighted by molar-refractivity contribution is 0.289. The molecule has 0 fully saturated rings. The van der Waals surface area contributed by atoms with Crippen molar-refractivity contribution in [2.24, 2.45) is 5.73 Å². The first kappa shape index (κ1) is 11.7. The molecule has 2 aromatic rings. The van der Waals surface area contributed by atoms with Crippen molar-refractivity contribution in [1.29, 1.82) is 0 Å². The predicted molar refractivity (Wildman–Crippen MR) is 65.9 cm³/mol. The number of aryl methyl sites for hydroxylation is 1. The molecular formula is C13H16N2O2. The molecule has 0 aliphatic carbocycles. The fourth-order valence-corrected chi connectivity index (χ4v) is 1.93. The molecule has 90 valence electrons. The summed E-state index contributed by atoms with van der Waals surface area (Å²) >= 11 is 0. The quantitative estimate of drug-likeness (QED) is 0.819. The number of benzene rings is 1. The molecule has 1 aromatic carbocycles. The number of nitrogens with two attached hydrogens (primary N) is 1. The van der Waals surface area contributed by atoms with Crippen LogP contribution in [0.1, 0.15) is 12.0 Å². The topological polar surface area (TPSA) is 61.3 Å². The van der Waals surface area contributed by atoms with Crippen LogP contribution >= 0.6 is 0 Å². The summed E-state index contributed by atoms with van der Waals surface area (Å²) in [4.78, 5) is 3.93. The van der Waals surface area contributed by atoms with Crippen molar-refractivity contribution in [1.82, 2.24) is 4.98 Å². The average molecular weight is 232 g/mol. The van der Waals surface area contributed by atoms with Crippen LogP contribution in [0.5, 0.6) is 5.75 Å². The Morgan fingerprint density at radius 1 is 1.29 bits per heavy atom. The highest BCUT2D eigenvalue weighted by molar-refractivity contribution is 5.67. The summed E-state index contributed by atoms with van der Waals surface area (Å²) in [5.74, 6) is 1.73. The van der Waals surface area contributed by atoms with Gasteiger partial charge in [0.15, 0.2) is 12.2 Å². The van der Waals surface area contributed by atoms with E-state index in [1.54, 1.807) is 6.20 Å². The molecule has 0 amide bonds. The molecule has 1 aromatic heterocycles. The Bertz CT molecular complexity index is 466. The van der Waals surface area contributed by atoms with Gasteiger partial charge in [-0.3, -0.25) is 0 Å². The summed E-state index contributed by atoms with van der Waals surface area (Å²) in [6.45, 7) is 0.790. The summed E-state index contributed by atoms with van der Waals surface area (Å²) < 4.78 is 11.0. The maximum absolute atomic E-state index is 5.69. The number of oxazole rings is 1. The second-order valence-electron chi connectivity index (χ2n) is 3.61. The lowest BCUT2D eigenvalue weighted by atomic mass is 10.0. The van der Waals surface area contributed by atoms with Crippen LogP contribution in [0.2, 0.25) is 0 Å². The Kier molecular flexibility index (Phi) is 3.77. The summed E-state index contributed by atoms with van der Waals surface area (Å²) in [5, 5.41) is 0. The number of hydrogen-bond donors (Lipinski definition) is 1. The van der Waals surface area contributed by atoms with E-state index in [4.69, 9.17) is 9.15 Å². The summed E-state index contributed by atoms with van der Waals surface area (Å²) in [7, 11) is 1.50. The van der Waals surface area contributed by atoms with E-state index in [-0.39, 0.29) is 0 Å². The highest BCUT2D eigenvalue weighted by Gasteiger charge is 2.16. The van der Waals surface area contributed by atoms with E-state index in [2.05, 4.69) is 16.8 Å². The zero-order chi connectivity index (χ0) is 12.1.